The first-order valence-corrected chi connectivity index (χ1v) is 10.8. The van der Waals surface area contributed by atoms with E-state index in [9.17, 15) is 5.11 Å². The van der Waals surface area contributed by atoms with Crippen LogP contribution in [0, 0.1) is 24.2 Å². The maximum Gasteiger partial charge on any atom is 0.110 e. The Bertz CT molecular complexity index is 1050. The Hall–Kier alpha value is -3.14. The van der Waals surface area contributed by atoms with E-state index in [1.807, 2.05) is 36.5 Å². The van der Waals surface area contributed by atoms with Crippen molar-refractivity contribution in [1.82, 2.24) is 15.3 Å². The van der Waals surface area contributed by atoms with Gasteiger partial charge in [0.2, 0.25) is 0 Å². The summed E-state index contributed by atoms with van der Waals surface area (Å²) in [6.07, 6.45) is 4.25. The van der Waals surface area contributed by atoms with Gasteiger partial charge in [-0.1, -0.05) is 24.3 Å². The van der Waals surface area contributed by atoms with Crippen molar-refractivity contribution in [2.24, 2.45) is 5.92 Å². The van der Waals surface area contributed by atoms with E-state index in [0.717, 1.165) is 48.7 Å². The number of imidazole rings is 1. The summed E-state index contributed by atoms with van der Waals surface area (Å²) in [5.74, 6) is 1.12. The zero-order chi connectivity index (χ0) is 21.7. The number of nitrogens with one attached hydrogen (secondary N) is 3. The third-order valence-electron chi connectivity index (χ3n) is 6.22. The molecular formula is C25H29N5O. The van der Waals surface area contributed by atoms with Crippen molar-refractivity contribution in [2.45, 2.75) is 31.7 Å². The van der Waals surface area contributed by atoms with Crippen LogP contribution in [0.15, 0.2) is 54.7 Å². The number of nitrogens with zero attached hydrogens (tertiary/aromatic N) is 2. The quantitative estimate of drug-likeness (QED) is 0.475. The van der Waals surface area contributed by atoms with Gasteiger partial charge in [0.1, 0.15) is 5.82 Å². The SMILES string of the molecule is Cc1cccc(NC2(CO)CCNCC2Cc2cnc(Cc3ccc(C#N)cc3)[nH]2)c1. The van der Waals surface area contributed by atoms with Crippen LogP contribution in [-0.4, -0.2) is 40.3 Å². The summed E-state index contributed by atoms with van der Waals surface area (Å²) in [7, 11) is 0. The van der Waals surface area contributed by atoms with Crippen LogP contribution in [0.2, 0.25) is 0 Å². The van der Waals surface area contributed by atoms with Crippen molar-refractivity contribution >= 4 is 5.69 Å². The van der Waals surface area contributed by atoms with Crippen LogP contribution in [0.25, 0.3) is 0 Å². The second kappa shape index (κ2) is 9.34. The van der Waals surface area contributed by atoms with E-state index in [1.165, 1.54) is 5.56 Å². The van der Waals surface area contributed by atoms with Gasteiger partial charge in [-0.3, -0.25) is 0 Å². The molecule has 2 heterocycles. The van der Waals surface area contributed by atoms with Crippen LogP contribution in [0.5, 0.6) is 0 Å². The number of hydrogen-bond acceptors (Lipinski definition) is 5. The Morgan fingerprint density at radius 2 is 2.10 bits per heavy atom. The number of piperidine rings is 1. The lowest BCUT2D eigenvalue weighted by atomic mass is 9.76. The molecule has 0 aliphatic carbocycles. The van der Waals surface area contributed by atoms with Crippen LogP contribution in [0.4, 0.5) is 5.69 Å². The maximum absolute atomic E-state index is 10.4. The average Bonchev–Trinajstić information content (AvgIpc) is 3.22. The number of aromatic amines is 1. The van der Waals surface area contributed by atoms with Crippen molar-refractivity contribution in [3.63, 3.8) is 0 Å². The molecule has 1 saturated heterocycles. The Morgan fingerprint density at radius 3 is 2.84 bits per heavy atom. The summed E-state index contributed by atoms with van der Waals surface area (Å²) in [6, 6.07) is 18.1. The first-order valence-electron chi connectivity index (χ1n) is 10.8. The minimum absolute atomic E-state index is 0.0829. The van der Waals surface area contributed by atoms with Gasteiger partial charge in [-0.25, -0.2) is 4.98 Å². The first kappa shape index (κ1) is 21.1. The van der Waals surface area contributed by atoms with E-state index >= 15 is 0 Å². The van der Waals surface area contributed by atoms with Gasteiger partial charge in [0, 0.05) is 36.5 Å². The van der Waals surface area contributed by atoms with Crippen molar-refractivity contribution in [2.75, 3.05) is 25.0 Å². The van der Waals surface area contributed by atoms with Crippen molar-refractivity contribution in [3.05, 3.63) is 82.9 Å². The number of aryl methyl sites for hydroxylation is 1. The molecule has 2 atom stereocenters. The second-order valence-corrected chi connectivity index (χ2v) is 8.50. The van der Waals surface area contributed by atoms with Gasteiger partial charge in [0.05, 0.1) is 23.8 Å². The van der Waals surface area contributed by atoms with Crippen LogP contribution in [0.1, 0.15) is 34.6 Å². The van der Waals surface area contributed by atoms with E-state index in [4.69, 9.17) is 5.26 Å². The van der Waals surface area contributed by atoms with E-state index < -0.39 is 0 Å². The lowest BCUT2D eigenvalue weighted by molar-refractivity contribution is 0.125. The highest BCUT2D eigenvalue weighted by Crippen LogP contribution is 2.31. The molecule has 0 radical (unpaired) electrons. The fraction of sp³-hybridized carbons (Fsp3) is 0.360. The third kappa shape index (κ3) is 4.96. The Morgan fingerprint density at radius 1 is 1.26 bits per heavy atom. The molecular weight excluding hydrogens is 386 g/mol. The van der Waals surface area contributed by atoms with Crippen LogP contribution < -0.4 is 10.6 Å². The number of aliphatic hydroxyl groups is 1. The predicted molar refractivity (Wildman–Crippen MR) is 122 cm³/mol. The minimum atomic E-state index is -0.378. The van der Waals surface area contributed by atoms with Gasteiger partial charge in [0.15, 0.2) is 0 Å². The first-order chi connectivity index (χ1) is 15.1. The lowest BCUT2D eigenvalue weighted by Gasteiger charge is -2.44. The summed E-state index contributed by atoms with van der Waals surface area (Å²) in [5, 5.41) is 26.5. The molecule has 0 bridgehead atoms. The summed E-state index contributed by atoms with van der Waals surface area (Å²) >= 11 is 0. The fourth-order valence-corrected chi connectivity index (χ4v) is 4.43. The number of aromatic nitrogens is 2. The molecule has 2 unspecified atom stereocenters. The number of H-pyrrole nitrogens is 1. The number of aliphatic hydroxyl groups excluding tert-OH is 1. The summed E-state index contributed by atoms with van der Waals surface area (Å²) in [5.41, 5.74) is 4.72. The van der Waals surface area contributed by atoms with E-state index in [0.29, 0.717) is 12.0 Å². The average molecular weight is 416 g/mol. The van der Waals surface area contributed by atoms with Crippen LogP contribution >= 0.6 is 0 Å². The second-order valence-electron chi connectivity index (χ2n) is 8.50. The minimum Gasteiger partial charge on any atom is -0.394 e. The summed E-state index contributed by atoms with van der Waals surface area (Å²) in [4.78, 5) is 8.02. The molecule has 0 saturated carbocycles. The number of hydrogen-bond donors (Lipinski definition) is 4. The molecule has 6 heteroatoms. The van der Waals surface area contributed by atoms with Crippen molar-refractivity contribution in [1.29, 1.82) is 5.26 Å². The number of nitriles is 1. The molecule has 0 spiro atoms. The zero-order valence-corrected chi connectivity index (χ0v) is 17.9. The molecule has 6 nitrogen and oxygen atoms in total. The number of benzene rings is 2. The Labute approximate surface area is 183 Å². The molecule has 3 aromatic rings. The standard InChI is InChI=1S/C25H29N5O/c1-18-3-2-4-22(11-18)30-25(17-31)9-10-27-15-21(25)13-23-16-28-24(29-23)12-19-5-7-20(14-26)8-6-19/h2-8,11,16,21,27,30-31H,9-10,12-13,15,17H2,1H3,(H,28,29). The monoisotopic (exact) mass is 415 g/mol. The molecule has 1 fully saturated rings. The number of rotatable bonds is 7. The van der Waals surface area contributed by atoms with Crippen LogP contribution in [0.3, 0.4) is 0 Å². The summed E-state index contributed by atoms with van der Waals surface area (Å²) < 4.78 is 0. The molecule has 0 amide bonds. The van der Waals surface area contributed by atoms with Gasteiger partial charge >= 0.3 is 0 Å². The van der Waals surface area contributed by atoms with Gasteiger partial charge in [-0.15, -0.1) is 0 Å². The number of anilines is 1. The predicted octanol–water partition coefficient (Wildman–Crippen LogP) is 3.18. The van der Waals surface area contributed by atoms with Gasteiger partial charge in [-0.2, -0.15) is 5.26 Å². The molecule has 31 heavy (non-hydrogen) atoms. The largest absolute Gasteiger partial charge is 0.394 e. The third-order valence-corrected chi connectivity index (χ3v) is 6.22. The highest BCUT2D eigenvalue weighted by Gasteiger charge is 2.40. The Kier molecular flexibility index (Phi) is 6.36. The highest BCUT2D eigenvalue weighted by molar-refractivity contribution is 5.48. The van der Waals surface area contributed by atoms with E-state index in [1.54, 1.807) is 0 Å². The smallest absolute Gasteiger partial charge is 0.110 e. The van der Waals surface area contributed by atoms with Gasteiger partial charge in [0.25, 0.3) is 0 Å². The molecule has 4 rings (SSSR count). The van der Waals surface area contributed by atoms with Crippen molar-refractivity contribution < 1.29 is 5.11 Å². The topological polar surface area (TPSA) is 96.8 Å². The zero-order valence-electron chi connectivity index (χ0n) is 17.9. The molecule has 2 aromatic carbocycles. The van der Waals surface area contributed by atoms with Gasteiger partial charge in [-0.05, 0) is 61.7 Å². The molecule has 160 valence electrons. The summed E-state index contributed by atoms with van der Waals surface area (Å²) in [6.45, 7) is 3.88. The fourth-order valence-electron chi connectivity index (χ4n) is 4.43. The van der Waals surface area contributed by atoms with Crippen LogP contribution in [-0.2, 0) is 12.8 Å². The van der Waals surface area contributed by atoms with E-state index in [-0.39, 0.29) is 18.1 Å². The lowest BCUT2D eigenvalue weighted by Crippen LogP contribution is -2.58. The Balaban J connectivity index is 1.48. The van der Waals surface area contributed by atoms with Crippen molar-refractivity contribution in [3.8, 4) is 6.07 Å². The highest BCUT2D eigenvalue weighted by atomic mass is 16.3. The molecule has 1 aromatic heterocycles. The molecule has 1 aliphatic rings. The normalized spacial score (nSPS) is 20.9. The molecule has 4 N–H and O–H groups in total. The maximum atomic E-state index is 10.4. The molecule has 1 aliphatic heterocycles. The van der Waals surface area contributed by atoms with Gasteiger partial charge < -0.3 is 20.7 Å². The van der Waals surface area contributed by atoms with E-state index in [2.05, 4.69) is 51.8 Å².